The van der Waals surface area contributed by atoms with Gasteiger partial charge in [0.1, 0.15) is 11.4 Å². The van der Waals surface area contributed by atoms with Crippen LogP contribution in [-0.2, 0) is 9.59 Å². The van der Waals surface area contributed by atoms with Gasteiger partial charge in [-0.15, -0.1) is 0 Å². The highest BCUT2D eigenvalue weighted by Gasteiger charge is 2.43. The first-order chi connectivity index (χ1) is 9.95. The van der Waals surface area contributed by atoms with Crippen molar-refractivity contribution in [1.29, 1.82) is 0 Å². The molecule has 1 N–H and O–H groups in total. The molecule has 1 aromatic carbocycles. The van der Waals surface area contributed by atoms with Gasteiger partial charge in [-0.2, -0.15) is 0 Å². The quantitative estimate of drug-likeness (QED) is 0.904. The molecule has 0 bridgehead atoms. The summed E-state index contributed by atoms with van der Waals surface area (Å²) in [5.41, 5.74) is -0.764. The van der Waals surface area contributed by atoms with E-state index in [1.807, 2.05) is 13.8 Å². The predicted octanol–water partition coefficient (Wildman–Crippen LogP) is 3.00. The van der Waals surface area contributed by atoms with Gasteiger partial charge in [0.2, 0.25) is 5.91 Å². The molecule has 1 fully saturated rings. The molecule has 2 amide bonds. The third-order valence-corrected chi connectivity index (χ3v) is 4.65. The molecule has 21 heavy (non-hydrogen) atoms. The lowest BCUT2D eigenvalue weighted by molar-refractivity contribution is -0.130. The maximum atomic E-state index is 14.2. The van der Waals surface area contributed by atoms with Crippen LogP contribution in [0.15, 0.2) is 22.7 Å². The third kappa shape index (κ3) is 2.81. The minimum atomic E-state index is -0.963. The van der Waals surface area contributed by atoms with Crippen molar-refractivity contribution >= 4 is 33.4 Å². The van der Waals surface area contributed by atoms with E-state index in [0.717, 1.165) is 0 Å². The number of carbonyl (C=O) groups excluding carboxylic acids is 2. The van der Waals surface area contributed by atoms with Crippen molar-refractivity contribution in [2.24, 2.45) is 0 Å². The highest BCUT2D eigenvalue weighted by atomic mass is 79.9. The summed E-state index contributed by atoms with van der Waals surface area (Å²) in [6, 6.07) is 4.57. The molecule has 0 spiro atoms. The molecule has 4 nitrogen and oxygen atoms in total. The molecule has 0 atom stereocenters. The molecule has 6 heteroatoms. The van der Waals surface area contributed by atoms with Crippen LogP contribution in [0.1, 0.15) is 33.1 Å². The maximum absolute atomic E-state index is 14.2. The second kappa shape index (κ2) is 6.13. The number of benzene rings is 1. The first-order valence-corrected chi connectivity index (χ1v) is 7.81. The zero-order valence-electron chi connectivity index (χ0n) is 12.1. The topological polar surface area (TPSA) is 49.4 Å². The van der Waals surface area contributed by atoms with E-state index in [9.17, 15) is 14.0 Å². The van der Waals surface area contributed by atoms with E-state index >= 15 is 0 Å². The van der Waals surface area contributed by atoms with Crippen LogP contribution in [-0.4, -0.2) is 23.9 Å². The summed E-state index contributed by atoms with van der Waals surface area (Å²) in [7, 11) is 0. The average molecular weight is 357 g/mol. The van der Waals surface area contributed by atoms with Gasteiger partial charge in [0.15, 0.2) is 0 Å². The predicted molar refractivity (Wildman–Crippen MR) is 82.5 cm³/mol. The van der Waals surface area contributed by atoms with Gasteiger partial charge in [-0.05, 0) is 40.9 Å². The van der Waals surface area contributed by atoms with Gasteiger partial charge >= 0.3 is 0 Å². The van der Waals surface area contributed by atoms with E-state index in [0.29, 0.717) is 17.3 Å². The summed E-state index contributed by atoms with van der Waals surface area (Å²) in [4.78, 5) is 26.2. The van der Waals surface area contributed by atoms with E-state index in [1.165, 1.54) is 11.0 Å². The maximum Gasteiger partial charge on any atom is 0.252 e. The molecule has 0 unspecified atom stereocenters. The smallest absolute Gasteiger partial charge is 0.252 e. The number of nitrogens with one attached hydrogen (secondary N) is 1. The normalized spacial score (nSPS) is 18.4. The van der Waals surface area contributed by atoms with E-state index in [-0.39, 0.29) is 30.5 Å². The molecule has 1 saturated heterocycles. The van der Waals surface area contributed by atoms with Gasteiger partial charge in [0.25, 0.3) is 5.91 Å². The van der Waals surface area contributed by atoms with Crippen molar-refractivity contribution in [3.63, 3.8) is 0 Å². The Bertz CT molecular complexity index is 553. The highest BCUT2D eigenvalue weighted by molar-refractivity contribution is 9.10. The van der Waals surface area contributed by atoms with Crippen molar-refractivity contribution in [2.75, 3.05) is 11.4 Å². The molecular formula is C15H18BrFN2O2. The van der Waals surface area contributed by atoms with E-state index in [1.54, 1.807) is 12.1 Å². The SMILES string of the molecule is CCC1(CC)NC(=O)CCN(c2c(F)cccc2Br)C1=O. The van der Waals surface area contributed by atoms with Crippen LogP contribution >= 0.6 is 15.9 Å². The van der Waals surface area contributed by atoms with Crippen molar-refractivity contribution < 1.29 is 14.0 Å². The number of nitrogens with zero attached hydrogens (tertiary/aromatic N) is 1. The van der Waals surface area contributed by atoms with Gasteiger partial charge in [0.05, 0.1) is 5.69 Å². The fraction of sp³-hybridized carbons (Fsp3) is 0.467. The van der Waals surface area contributed by atoms with Gasteiger partial charge in [-0.1, -0.05) is 19.9 Å². The van der Waals surface area contributed by atoms with Crippen LogP contribution in [0, 0.1) is 5.82 Å². The average Bonchev–Trinajstić information content (AvgIpc) is 2.58. The Morgan fingerprint density at radius 1 is 1.33 bits per heavy atom. The fourth-order valence-corrected chi connectivity index (χ4v) is 3.20. The summed E-state index contributed by atoms with van der Waals surface area (Å²) in [6.45, 7) is 3.87. The number of para-hydroxylation sites is 1. The molecule has 1 aliphatic heterocycles. The molecule has 0 aliphatic carbocycles. The lowest BCUT2D eigenvalue weighted by Crippen LogP contribution is -2.56. The Morgan fingerprint density at radius 2 is 2.00 bits per heavy atom. The Balaban J connectivity index is 2.52. The number of halogens is 2. The number of anilines is 1. The minimum Gasteiger partial charge on any atom is -0.342 e. The summed E-state index contributed by atoms with van der Waals surface area (Å²) in [5, 5.41) is 2.81. The van der Waals surface area contributed by atoms with Crippen molar-refractivity contribution in [3.05, 3.63) is 28.5 Å². The van der Waals surface area contributed by atoms with Crippen molar-refractivity contribution in [3.8, 4) is 0 Å². The first-order valence-electron chi connectivity index (χ1n) is 7.02. The molecule has 0 saturated carbocycles. The minimum absolute atomic E-state index is 0.161. The van der Waals surface area contributed by atoms with Crippen LogP contribution in [0.25, 0.3) is 0 Å². The fourth-order valence-electron chi connectivity index (χ4n) is 2.65. The summed E-state index contributed by atoms with van der Waals surface area (Å²) in [6.07, 6.45) is 1.10. The zero-order chi connectivity index (χ0) is 15.6. The number of hydrogen-bond acceptors (Lipinski definition) is 2. The summed E-state index contributed by atoms with van der Waals surface area (Å²) in [5.74, 6) is -0.917. The number of hydrogen-bond donors (Lipinski definition) is 1. The molecular weight excluding hydrogens is 339 g/mol. The molecule has 0 radical (unpaired) electrons. The largest absolute Gasteiger partial charge is 0.342 e. The Labute approximate surface area is 131 Å². The summed E-state index contributed by atoms with van der Waals surface area (Å²) < 4.78 is 14.7. The standard InChI is InChI=1S/C15H18BrFN2O2/c1-3-15(4-2)14(21)19(9-8-12(20)18-15)13-10(16)6-5-7-11(13)17/h5-7H,3-4,8-9H2,1-2H3,(H,18,20). The molecule has 1 heterocycles. The van der Waals surface area contributed by atoms with Gasteiger partial charge in [-0.25, -0.2) is 4.39 Å². The second-order valence-electron chi connectivity index (χ2n) is 5.11. The lowest BCUT2D eigenvalue weighted by Gasteiger charge is -2.34. The van der Waals surface area contributed by atoms with E-state index < -0.39 is 11.4 Å². The molecule has 1 aliphatic rings. The molecule has 114 valence electrons. The lowest BCUT2D eigenvalue weighted by atomic mass is 9.91. The van der Waals surface area contributed by atoms with E-state index in [2.05, 4.69) is 21.2 Å². The zero-order valence-corrected chi connectivity index (χ0v) is 13.7. The van der Waals surface area contributed by atoms with Crippen LogP contribution in [0.4, 0.5) is 10.1 Å². The Kier molecular flexibility index (Phi) is 4.66. The monoisotopic (exact) mass is 356 g/mol. The highest BCUT2D eigenvalue weighted by Crippen LogP contribution is 2.33. The number of carbonyl (C=O) groups is 2. The van der Waals surface area contributed by atoms with Gasteiger partial charge in [0, 0.05) is 17.4 Å². The molecule has 1 aromatic rings. The Morgan fingerprint density at radius 3 is 2.57 bits per heavy atom. The van der Waals surface area contributed by atoms with E-state index in [4.69, 9.17) is 0 Å². The van der Waals surface area contributed by atoms with Crippen LogP contribution in [0.3, 0.4) is 0 Å². The molecule has 2 rings (SSSR count). The van der Waals surface area contributed by atoms with Crippen molar-refractivity contribution in [2.45, 2.75) is 38.6 Å². The number of amides is 2. The Hall–Kier alpha value is -1.43. The van der Waals surface area contributed by atoms with Crippen LogP contribution in [0.2, 0.25) is 0 Å². The summed E-state index contributed by atoms with van der Waals surface area (Å²) >= 11 is 3.29. The van der Waals surface area contributed by atoms with Gasteiger partial charge in [-0.3, -0.25) is 9.59 Å². The van der Waals surface area contributed by atoms with Gasteiger partial charge < -0.3 is 10.2 Å². The van der Waals surface area contributed by atoms with Crippen LogP contribution < -0.4 is 10.2 Å². The second-order valence-corrected chi connectivity index (χ2v) is 5.97. The number of rotatable bonds is 3. The van der Waals surface area contributed by atoms with Crippen LogP contribution in [0.5, 0.6) is 0 Å². The first kappa shape index (κ1) is 15.9. The third-order valence-electron chi connectivity index (χ3n) is 4.01. The van der Waals surface area contributed by atoms with Crippen molar-refractivity contribution in [1.82, 2.24) is 5.32 Å². The molecule has 0 aromatic heterocycles.